The standard InChI is InChI=1S/C26H22N2O2/c29-26(17-23-11-6-10-22-9-4-5-12-25(22)23)28-27-18-20-13-15-24(16-14-20)30-19-21-7-2-1-3-8-21/h1-16,18H,17,19H2,(H,28,29). The summed E-state index contributed by atoms with van der Waals surface area (Å²) in [7, 11) is 0. The zero-order valence-electron chi connectivity index (χ0n) is 16.5. The van der Waals surface area contributed by atoms with Gasteiger partial charge < -0.3 is 4.74 Å². The van der Waals surface area contributed by atoms with Gasteiger partial charge in [-0.1, -0.05) is 72.8 Å². The fraction of sp³-hybridized carbons (Fsp3) is 0.0769. The molecule has 0 aliphatic carbocycles. The molecule has 4 aromatic rings. The van der Waals surface area contributed by atoms with Crippen molar-refractivity contribution >= 4 is 22.9 Å². The van der Waals surface area contributed by atoms with Crippen LogP contribution in [0.25, 0.3) is 10.8 Å². The van der Waals surface area contributed by atoms with Gasteiger partial charge >= 0.3 is 0 Å². The molecule has 4 heteroatoms. The molecule has 4 rings (SSSR count). The van der Waals surface area contributed by atoms with Crippen LogP contribution in [0.1, 0.15) is 16.7 Å². The van der Waals surface area contributed by atoms with Crippen LogP contribution < -0.4 is 10.2 Å². The van der Waals surface area contributed by atoms with Gasteiger partial charge in [0.05, 0.1) is 12.6 Å². The Balaban J connectivity index is 1.30. The van der Waals surface area contributed by atoms with Crippen molar-refractivity contribution in [3.8, 4) is 5.75 Å². The molecule has 0 fully saturated rings. The third kappa shape index (κ3) is 5.11. The number of carbonyl (C=O) groups excluding carboxylic acids is 1. The van der Waals surface area contributed by atoms with Gasteiger partial charge in [-0.3, -0.25) is 4.79 Å². The number of hydrogen-bond acceptors (Lipinski definition) is 3. The number of nitrogens with zero attached hydrogens (tertiary/aromatic N) is 1. The zero-order valence-corrected chi connectivity index (χ0v) is 16.5. The molecule has 0 spiro atoms. The average Bonchev–Trinajstić information content (AvgIpc) is 2.79. The van der Waals surface area contributed by atoms with Gasteiger partial charge in [-0.15, -0.1) is 0 Å². The Hall–Kier alpha value is -3.92. The number of hydrazone groups is 1. The van der Waals surface area contributed by atoms with Crippen LogP contribution in [0, 0.1) is 0 Å². The minimum atomic E-state index is -0.148. The van der Waals surface area contributed by atoms with Gasteiger partial charge in [0.2, 0.25) is 5.91 Å². The minimum absolute atomic E-state index is 0.148. The van der Waals surface area contributed by atoms with Crippen molar-refractivity contribution in [3.63, 3.8) is 0 Å². The largest absolute Gasteiger partial charge is 0.489 e. The van der Waals surface area contributed by atoms with Crippen molar-refractivity contribution in [2.75, 3.05) is 0 Å². The predicted octanol–water partition coefficient (Wildman–Crippen LogP) is 5.11. The molecule has 1 amide bonds. The summed E-state index contributed by atoms with van der Waals surface area (Å²) < 4.78 is 5.78. The Kier molecular flexibility index (Phi) is 6.16. The molecule has 0 heterocycles. The number of nitrogens with one attached hydrogen (secondary N) is 1. The van der Waals surface area contributed by atoms with Gasteiger partial charge in [0, 0.05) is 0 Å². The highest BCUT2D eigenvalue weighted by Gasteiger charge is 2.06. The highest BCUT2D eigenvalue weighted by molar-refractivity contribution is 5.90. The Bertz CT molecular complexity index is 1150. The van der Waals surface area contributed by atoms with Crippen LogP contribution in [0.15, 0.2) is 102 Å². The first-order valence-electron chi connectivity index (χ1n) is 9.83. The van der Waals surface area contributed by atoms with E-state index in [1.54, 1.807) is 6.21 Å². The number of benzene rings is 4. The van der Waals surface area contributed by atoms with Crippen molar-refractivity contribution < 1.29 is 9.53 Å². The molecule has 4 aromatic carbocycles. The van der Waals surface area contributed by atoms with Gasteiger partial charge in [-0.2, -0.15) is 5.10 Å². The fourth-order valence-electron chi connectivity index (χ4n) is 3.23. The molecule has 0 atom stereocenters. The fourth-order valence-corrected chi connectivity index (χ4v) is 3.23. The van der Waals surface area contributed by atoms with E-state index in [-0.39, 0.29) is 12.3 Å². The maximum Gasteiger partial charge on any atom is 0.244 e. The van der Waals surface area contributed by atoms with E-state index in [4.69, 9.17) is 4.74 Å². The molecule has 0 saturated carbocycles. The number of hydrogen-bond donors (Lipinski definition) is 1. The normalized spacial score (nSPS) is 10.9. The molecular weight excluding hydrogens is 372 g/mol. The summed E-state index contributed by atoms with van der Waals surface area (Å²) in [4.78, 5) is 12.3. The lowest BCUT2D eigenvalue weighted by molar-refractivity contribution is -0.120. The maximum absolute atomic E-state index is 12.3. The van der Waals surface area contributed by atoms with E-state index in [0.717, 1.165) is 33.2 Å². The van der Waals surface area contributed by atoms with Crippen LogP contribution >= 0.6 is 0 Å². The monoisotopic (exact) mass is 394 g/mol. The van der Waals surface area contributed by atoms with Crippen LogP contribution in [-0.4, -0.2) is 12.1 Å². The molecule has 0 saturated heterocycles. The first-order valence-corrected chi connectivity index (χ1v) is 9.83. The first kappa shape index (κ1) is 19.4. The second kappa shape index (κ2) is 9.52. The zero-order chi connectivity index (χ0) is 20.6. The lowest BCUT2D eigenvalue weighted by atomic mass is 10.0. The molecule has 148 valence electrons. The molecule has 0 aliphatic rings. The van der Waals surface area contributed by atoms with Crippen LogP contribution in [0.5, 0.6) is 5.75 Å². The van der Waals surface area contributed by atoms with E-state index in [9.17, 15) is 4.79 Å². The Labute approximate surface area is 175 Å². The summed E-state index contributed by atoms with van der Waals surface area (Å²) in [5.41, 5.74) is 5.60. The van der Waals surface area contributed by atoms with Crippen LogP contribution in [0.4, 0.5) is 0 Å². The molecule has 0 aliphatic heterocycles. The van der Waals surface area contributed by atoms with Crippen molar-refractivity contribution in [2.24, 2.45) is 5.10 Å². The number of rotatable bonds is 7. The first-order chi connectivity index (χ1) is 14.8. The summed E-state index contributed by atoms with van der Waals surface area (Å²) in [6.07, 6.45) is 1.91. The topological polar surface area (TPSA) is 50.7 Å². The van der Waals surface area contributed by atoms with Crippen LogP contribution in [-0.2, 0) is 17.8 Å². The number of carbonyl (C=O) groups is 1. The van der Waals surface area contributed by atoms with E-state index in [2.05, 4.69) is 10.5 Å². The summed E-state index contributed by atoms with van der Waals surface area (Å²) in [5, 5.41) is 6.29. The lowest BCUT2D eigenvalue weighted by Gasteiger charge is -2.06. The Morgan fingerprint density at radius 2 is 1.57 bits per heavy atom. The third-order valence-electron chi connectivity index (χ3n) is 4.76. The summed E-state index contributed by atoms with van der Waals surface area (Å²) >= 11 is 0. The van der Waals surface area contributed by atoms with E-state index < -0.39 is 0 Å². The third-order valence-corrected chi connectivity index (χ3v) is 4.76. The van der Waals surface area contributed by atoms with E-state index >= 15 is 0 Å². The van der Waals surface area contributed by atoms with Gasteiger partial charge in [0.25, 0.3) is 0 Å². The van der Waals surface area contributed by atoms with Crippen LogP contribution in [0.2, 0.25) is 0 Å². The van der Waals surface area contributed by atoms with Gasteiger partial charge in [-0.25, -0.2) is 5.43 Å². The average molecular weight is 394 g/mol. The number of ether oxygens (including phenoxy) is 1. The molecule has 0 unspecified atom stereocenters. The van der Waals surface area contributed by atoms with Crippen molar-refractivity contribution in [3.05, 3.63) is 114 Å². The van der Waals surface area contributed by atoms with Crippen molar-refractivity contribution in [2.45, 2.75) is 13.0 Å². The Morgan fingerprint density at radius 3 is 2.40 bits per heavy atom. The molecule has 4 nitrogen and oxygen atoms in total. The van der Waals surface area contributed by atoms with Crippen molar-refractivity contribution in [1.29, 1.82) is 0 Å². The molecule has 0 bridgehead atoms. The molecular formula is C26H22N2O2. The highest BCUT2D eigenvalue weighted by atomic mass is 16.5. The molecule has 0 radical (unpaired) electrons. The predicted molar refractivity (Wildman–Crippen MR) is 121 cm³/mol. The van der Waals surface area contributed by atoms with Gasteiger partial charge in [0.1, 0.15) is 12.4 Å². The lowest BCUT2D eigenvalue weighted by Crippen LogP contribution is -2.19. The smallest absolute Gasteiger partial charge is 0.244 e. The minimum Gasteiger partial charge on any atom is -0.489 e. The van der Waals surface area contributed by atoms with Gasteiger partial charge in [0.15, 0.2) is 0 Å². The second-order valence-electron chi connectivity index (χ2n) is 6.95. The Morgan fingerprint density at radius 1 is 0.833 bits per heavy atom. The van der Waals surface area contributed by atoms with Crippen molar-refractivity contribution in [1.82, 2.24) is 5.43 Å². The second-order valence-corrected chi connectivity index (χ2v) is 6.95. The van der Waals surface area contributed by atoms with E-state index in [0.29, 0.717) is 6.61 Å². The molecule has 1 N–H and O–H groups in total. The number of fused-ring (bicyclic) bond motifs is 1. The van der Waals surface area contributed by atoms with E-state index in [1.807, 2.05) is 97.1 Å². The highest BCUT2D eigenvalue weighted by Crippen LogP contribution is 2.19. The van der Waals surface area contributed by atoms with Crippen LogP contribution in [0.3, 0.4) is 0 Å². The summed E-state index contributed by atoms with van der Waals surface area (Å²) in [6, 6.07) is 31.7. The van der Waals surface area contributed by atoms with Gasteiger partial charge in [-0.05, 0) is 51.7 Å². The maximum atomic E-state index is 12.3. The van der Waals surface area contributed by atoms with E-state index in [1.165, 1.54) is 0 Å². The molecule has 30 heavy (non-hydrogen) atoms. The summed E-state index contributed by atoms with van der Waals surface area (Å²) in [5.74, 6) is 0.640. The SMILES string of the molecule is O=C(Cc1cccc2ccccc12)NN=Cc1ccc(OCc2ccccc2)cc1. The summed E-state index contributed by atoms with van der Waals surface area (Å²) in [6.45, 7) is 0.526. The quantitative estimate of drug-likeness (QED) is 0.350. The number of amides is 1. The molecule has 0 aromatic heterocycles.